The summed E-state index contributed by atoms with van der Waals surface area (Å²) in [7, 11) is 0. The molecule has 2 nitrogen and oxygen atoms in total. The number of benzene rings is 2. The Morgan fingerprint density at radius 2 is 1.81 bits per heavy atom. The molecule has 2 aromatic carbocycles. The smallest absolute Gasteiger partial charge is 0.228 e. The van der Waals surface area contributed by atoms with Gasteiger partial charge in [0.15, 0.2) is 0 Å². The maximum atomic E-state index is 6.24. The minimum absolute atomic E-state index is 0.0478. The Hall–Kier alpha value is -2.87. The van der Waals surface area contributed by atoms with Crippen LogP contribution >= 0.6 is 0 Å². The zero-order valence-corrected chi connectivity index (χ0v) is 15.8. The van der Waals surface area contributed by atoms with E-state index in [4.69, 9.17) is 9.40 Å². The van der Waals surface area contributed by atoms with Crippen LogP contribution in [0.1, 0.15) is 55.6 Å². The van der Waals surface area contributed by atoms with Crippen molar-refractivity contribution in [1.29, 1.82) is 0 Å². The maximum Gasteiger partial charge on any atom is 0.228 e. The first-order valence-corrected chi connectivity index (χ1v) is 9.73. The highest BCUT2D eigenvalue weighted by molar-refractivity contribution is 6.14. The third-order valence-corrected chi connectivity index (χ3v) is 6.52. The Labute approximate surface area is 158 Å². The van der Waals surface area contributed by atoms with Crippen molar-refractivity contribution in [2.75, 3.05) is 0 Å². The van der Waals surface area contributed by atoms with Crippen LogP contribution in [0.5, 0.6) is 0 Å². The van der Waals surface area contributed by atoms with Crippen molar-refractivity contribution < 1.29 is 4.42 Å². The molecule has 0 spiro atoms. The van der Waals surface area contributed by atoms with Crippen molar-refractivity contribution in [3.05, 3.63) is 71.0 Å². The SMILES string of the molecule is CC1CC=Cc2oc3nc4c5c(cccc5c3c21)C(C)(C)c1ccccc1-4. The van der Waals surface area contributed by atoms with E-state index < -0.39 is 0 Å². The van der Waals surface area contributed by atoms with Gasteiger partial charge in [0.25, 0.3) is 0 Å². The topological polar surface area (TPSA) is 26.0 Å². The Bertz CT molecular complexity index is 1290. The Balaban J connectivity index is 1.87. The molecule has 0 saturated heterocycles. The van der Waals surface area contributed by atoms with E-state index in [1.165, 1.54) is 38.4 Å². The normalized spacial score (nSPS) is 19.3. The molecule has 2 heteroatoms. The third kappa shape index (κ3) is 1.78. The number of hydrogen-bond donors (Lipinski definition) is 0. The van der Waals surface area contributed by atoms with E-state index in [1.807, 2.05) is 0 Å². The largest absolute Gasteiger partial charge is 0.438 e. The van der Waals surface area contributed by atoms with Gasteiger partial charge in [-0.25, -0.2) is 4.98 Å². The average molecular weight is 351 g/mol. The fourth-order valence-corrected chi connectivity index (χ4v) is 5.17. The Morgan fingerprint density at radius 3 is 2.70 bits per heavy atom. The molecule has 4 aromatic rings. The molecule has 1 unspecified atom stereocenters. The highest BCUT2D eigenvalue weighted by atomic mass is 16.3. The van der Waals surface area contributed by atoms with Crippen LogP contribution in [-0.2, 0) is 5.41 Å². The summed E-state index contributed by atoms with van der Waals surface area (Å²) in [5.41, 5.74) is 7.02. The van der Waals surface area contributed by atoms with Crippen molar-refractivity contribution in [3.63, 3.8) is 0 Å². The summed E-state index contributed by atoms with van der Waals surface area (Å²) >= 11 is 0. The van der Waals surface area contributed by atoms with Crippen LogP contribution in [0.15, 0.2) is 53.0 Å². The van der Waals surface area contributed by atoms with Crippen LogP contribution in [-0.4, -0.2) is 4.98 Å². The number of aromatic nitrogens is 1. The van der Waals surface area contributed by atoms with Crippen LogP contribution in [0.3, 0.4) is 0 Å². The van der Waals surface area contributed by atoms with Gasteiger partial charge >= 0.3 is 0 Å². The maximum absolute atomic E-state index is 6.24. The molecule has 6 rings (SSSR count). The zero-order valence-electron chi connectivity index (χ0n) is 15.8. The van der Waals surface area contributed by atoms with Gasteiger partial charge in [-0.15, -0.1) is 0 Å². The molecule has 0 aliphatic heterocycles. The molecule has 2 aliphatic carbocycles. The number of allylic oxidation sites excluding steroid dienone is 1. The molecule has 0 radical (unpaired) electrons. The summed E-state index contributed by atoms with van der Waals surface area (Å²) in [5, 5.41) is 3.78. The summed E-state index contributed by atoms with van der Waals surface area (Å²) < 4.78 is 6.24. The number of hydrogen-bond acceptors (Lipinski definition) is 2. The minimum atomic E-state index is -0.0478. The van der Waals surface area contributed by atoms with E-state index in [0.717, 1.165) is 23.6 Å². The number of rotatable bonds is 0. The lowest BCUT2D eigenvalue weighted by Crippen LogP contribution is -2.24. The molecule has 2 aromatic heterocycles. The summed E-state index contributed by atoms with van der Waals surface area (Å²) in [6.45, 7) is 6.93. The molecule has 0 N–H and O–H groups in total. The molecular weight excluding hydrogens is 330 g/mol. The van der Waals surface area contributed by atoms with E-state index in [1.54, 1.807) is 0 Å². The highest BCUT2D eigenvalue weighted by Crippen LogP contribution is 2.50. The molecule has 0 amide bonds. The lowest BCUT2D eigenvalue weighted by atomic mass is 9.69. The first kappa shape index (κ1) is 15.2. The van der Waals surface area contributed by atoms with Crippen molar-refractivity contribution in [1.82, 2.24) is 4.98 Å². The molecule has 132 valence electrons. The lowest BCUT2D eigenvalue weighted by molar-refractivity contribution is 0.576. The van der Waals surface area contributed by atoms with Crippen molar-refractivity contribution in [2.24, 2.45) is 0 Å². The third-order valence-electron chi connectivity index (χ3n) is 6.52. The molecule has 27 heavy (non-hydrogen) atoms. The Morgan fingerprint density at radius 1 is 1.00 bits per heavy atom. The van der Waals surface area contributed by atoms with Crippen LogP contribution in [0, 0.1) is 0 Å². The van der Waals surface area contributed by atoms with E-state index in [9.17, 15) is 0 Å². The number of fused-ring (bicyclic) bond motifs is 6. The van der Waals surface area contributed by atoms with Crippen molar-refractivity contribution in [3.8, 4) is 11.3 Å². The monoisotopic (exact) mass is 351 g/mol. The number of furan rings is 1. The zero-order chi connectivity index (χ0) is 18.3. The quantitative estimate of drug-likeness (QED) is 0.348. The van der Waals surface area contributed by atoms with Gasteiger partial charge in [-0.1, -0.05) is 69.3 Å². The van der Waals surface area contributed by atoms with Gasteiger partial charge in [-0.05, 0) is 34.9 Å². The average Bonchev–Trinajstić information content (AvgIpc) is 3.06. The molecule has 2 aliphatic rings. The molecule has 2 heterocycles. The predicted molar refractivity (Wildman–Crippen MR) is 111 cm³/mol. The van der Waals surface area contributed by atoms with E-state index in [0.29, 0.717) is 5.92 Å². The van der Waals surface area contributed by atoms with Crippen molar-refractivity contribution >= 4 is 27.9 Å². The van der Waals surface area contributed by atoms with Crippen LogP contribution in [0.25, 0.3) is 39.2 Å². The summed E-state index contributed by atoms with van der Waals surface area (Å²) in [6, 6.07) is 15.4. The second-order valence-electron chi connectivity index (χ2n) is 8.46. The number of pyridine rings is 1. The fraction of sp³-hybridized carbons (Fsp3) is 0.240. The second-order valence-corrected chi connectivity index (χ2v) is 8.46. The molecule has 1 atom stereocenters. The van der Waals surface area contributed by atoms with Gasteiger partial charge in [-0.2, -0.15) is 0 Å². The summed E-state index contributed by atoms with van der Waals surface area (Å²) in [4.78, 5) is 5.08. The molecule has 0 bridgehead atoms. The van der Waals surface area contributed by atoms with Crippen LogP contribution in [0.2, 0.25) is 0 Å². The Kier molecular flexibility index (Phi) is 2.76. The number of nitrogens with zero attached hydrogens (tertiary/aromatic N) is 1. The fourth-order valence-electron chi connectivity index (χ4n) is 5.17. The predicted octanol–water partition coefficient (Wildman–Crippen LogP) is 6.81. The van der Waals surface area contributed by atoms with Gasteiger partial charge in [0.1, 0.15) is 5.76 Å². The van der Waals surface area contributed by atoms with Gasteiger partial charge in [0.05, 0.1) is 11.1 Å². The van der Waals surface area contributed by atoms with Gasteiger partial charge in [0.2, 0.25) is 5.71 Å². The van der Waals surface area contributed by atoms with E-state index in [2.05, 4.69) is 75.4 Å². The highest BCUT2D eigenvalue weighted by Gasteiger charge is 2.35. The van der Waals surface area contributed by atoms with Gasteiger partial charge in [0, 0.05) is 21.9 Å². The summed E-state index contributed by atoms with van der Waals surface area (Å²) in [5.74, 6) is 1.43. The molecule has 0 saturated carbocycles. The van der Waals surface area contributed by atoms with E-state index in [-0.39, 0.29) is 5.41 Å². The van der Waals surface area contributed by atoms with Crippen LogP contribution in [0.4, 0.5) is 0 Å². The molecule has 0 fully saturated rings. The molecular formula is C25H21NO. The summed E-state index contributed by atoms with van der Waals surface area (Å²) in [6.07, 6.45) is 5.38. The van der Waals surface area contributed by atoms with Crippen LogP contribution < -0.4 is 0 Å². The van der Waals surface area contributed by atoms with Gasteiger partial charge < -0.3 is 4.42 Å². The first-order chi connectivity index (χ1) is 13.1. The second kappa shape index (κ2) is 4.89. The first-order valence-electron chi connectivity index (χ1n) is 9.73. The minimum Gasteiger partial charge on any atom is -0.438 e. The standard InChI is InChI=1S/C25H21NO/c1-14-8-6-13-19-20(14)22-16-10-7-12-18-21(16)23(26-24(22)27-19)15-9-4-5-11-17(15)25(18,2)3/h4-7,9-14H,8H2,1-3H3. The lowest BCUT2D eigenvalue weighted by Gasteiger charge is -2.34. The van der Waals surface area contributed by atoms with E-state index >= 15 is 0 Å². The van der Waals surface area contributed by atoms with Gasteiger partial charge in [-0.3, -0.25) is 0 Å². The van der Waals surface area contributed by atoms with Crippen molar-refractivity contribution in [2.45, 2.75) is 38.5 Å².